The van der Waals surface area contributed by atoms with Crippen LogP contribution in [0.3, 0.4) is 0 Å². The van der Waals surface area contributed by atoms with Crippen LogP contribution in [-0.4, -0.2) is 29.5 Å². The fourth-order valence-electron chi connectivity index (χ4n) is 2.18. The minimum Gasteiger partial charge on any atom is -0.395 e. The molecule has 2 rings (SSSR count). The summed E-state index contributed by atoms with van der Waals surface area (Å²) in [4.78, 5) is 0. The molecule has 0 aliphatic heterocycles. The normalized spacial score (nSPS) is 19.5. The third kappa shape index (κ3) is 2.20. The summed E-state index contributed by atoms with van der Waals surface area (Å²) in [6.45, 7) is -0.0374. The van der Waals surface area contributed by atoms with Crippen molar-refractivity contribution in [3.05, 3.63) is 35.4 Å². The Labute approximate surface area is 89.8 Å². The Bertz CT molecular complexity index is 323. The van der Waals surface area contributed by atoms with Gasteiger partial charge >= 0.3 is 0 Å². The molecule has 1 atom stereocenters. The highest BCUT2D eigenvalue weighted by Gasteiger charge is 2.23. The van der Waals surface area contributed by atoms with E-state index in [-0.39, 0.29) is 25.3 Å². The molecule has 0 unspecified atom stereocenters. The van der Waals surface area contributed by atoms with Crippen LogP contribution in [0.1, 0.15) is 23.6 Å². The molecule has 0 bridgehead atoms. The topological polar surface area (TPSA) is 52.5 Å². The molecular weight excluding hydrogens is 190 g/mol. The summed E-state index contributed by atoms with van der Waals surface area (Å²) in [5.41, 5.74) is 2.69. The molecule has 0 fully saturated rings. The highest BCUT2D eigenvalue weighted by atomic mass is 16.3. The van der Waals surface area contributed by atoms with Gasteiger partial charge in [-0.3, -0.25) is 0 Å². The van der Waals surface area contributed by atoms with Crippen LogP contribution in [0.5, 0.6) is 0 Å². The smallest absolute Gasteiger partial charge is 0.0607 e. The van der Waals surface area contributed by atoms with Crippen molar-refractivity contribution in [2.45, 2.75) is 24.9 Å². The van der Waals surface area contributed by atoms with Crippen LogP contribution in [0.4, 0.5) is 0 Å². The van der Waals surface area contributed by atoms with E-state index in [0.717, 1.165) is 12.8 Å². The van der Waals surface area contributed by atoms with E-state index in [1.807, 2.05) is 6.07 Å². The van der Waals surface area contributed by atoms with Gasteiger partial charge in [-0.25, -0.2) is 0 Å². The second-order valence-corrected chi connectivity index (χ2v) is 4.02. The van der Waals surface area contributed by atoms with Gasteiger partial charge in [-0.2, -0.15) is 0 Å². The van der Waals surface area contributed by atoms with Crippen molar-refractivity contribution >= 4 is 0 Å². The largest absolute Gasteiger partial charge is 0.395 e. The van der Waals surface area contributed by atoms with Crippen LogP contribution >= 0.6 is 0 Å². The van der Waals surface area contributed by atoms with Gasteiger partial charge in [0.1, 0.15) is 0 Å². The first-order valence-corrected chi connectivity index (χ1v) is 5.40. The maximum absolute atomic E-state index is 9.01. The van der Waals surface area contributed by atoms with Gasteiger partial charge < -0.3 is 15.5 Å². The molecule has 3 heteroatoms. The van der Waals surface area contributed by atoms with Gasteiger partial charge in [0.2, 0.25) is 0 Å². The number of hydrogen-bond donors (Lipinski definition) is 3. The van der Waals surface area contributed by atoms with Crippen molar-refractivity contribution in [2.75, 3.05) is 13.2 Å². The number of nitrogens with one attached hydrogen (secondary N) is 1. The molecule has 1 aromatic carbocycles. The quantitative estimate of drug-likeness (QED) is 0.678. The summed E-state index contributed by atoms with van der Waals surface area (Å²) in [6.07, 6.45) is 2.13. The molecule has 0 amide bonds. The predicted octanol–water partition coefficient (Wildman–Crippen LogP) is 0.617. The van der Waals surface area contributed by atoms with E-state index in [2.05, 4.69) is 23.5 Å². The molecule has 3 nitrogen and oxygen atoms in total. The maximum Gasteiger partial charge on any atom is 0.0607 e. The average molecular weight is 207 g/mol. The van der Waals surface area contributed by atoms with Crippen molar-refractivity contribution in [1.82, 2.24) is 5.32 Å². The highest BCUT2D eigenvalue weighted by molar-refractivity contribution is 5.34. The van der Waals surface area contributed by atoms with E-state index in [9.17, 15) is 0 Å². The highest BCUT2D eigenvalue weighted by Crippen LogP contribution is 2.30. The molecule has 15 heavy (non-hydrogen) atoms. The number of aryl methyl sites for hydroxylation is 1. The molecule has 0 saturated heterocycles. The summed E-state index contributed by atoms with van der Waals surface area (Å²) < 4.78 is 0. The van der Waals surface area contributed by atoms with Crippen LogP contribution in [-0.2, 0) is 6.42 Å². The van der Waals surface area contributed by atoms with E-state index < -0.39 is 0 Å². The number of aliphatic hydroxyl groups excluding tert-OH is 2. The molecule has 1 aliphatic rings. The van der Waals surface area contributed by atoms with Gasteiger partial charge in [-0.05, 0) is 24.0 Å². The van der Waals surface area contributed by atoms with Gasteiger partial charge in [0.05, 0.1) is 19.3 Å². The van der Waals surface area contributed by atoms with Crippen molar-refractivity contribution < 1.29 is 10.2 Å². The van der Waals surface area contributed by atoms with E-state index in [1.54, 1.807) is 0 Å². The second-order valence-electron chi connectivity index (χ2n) is 4.02. The summed E-state index contributed by atoms with van der Waals surface area (Å²) in [5.74, 6) is 0. The Morgan fingerprint density at radius 3 is 2.73 bits per heavy atom. The molecular formula is C12H17NO2. The Morgan fingerprint density at radius 2 is 2.00 bits per heavy atom. The zero-order valence-electron chi connectivity index (χ0n) is 8.69. The molecule has 1 aliphatic carbocycles. The van der Waals surface area contributed by atoms with E-state index in [0.29, 0.717) is 0 Å². The molecule has 3 N–H and O–H groups in total. The number of benzene rings is 1. The summed E-state index contributed by atoms with van der Waals surface area (Å²) >= 11 is 0. The lowest BCUT2D eigenvalue weighted by molar-refractivity contribution is 0.162. The van der Waals surface area contributed by atoms with Gasteiger partial charge in [0.15, 0.2) is 0 Å². The van der Waals surface area contributed by atoms with Crippen molar-refractivity contribution in [3.63, 3.8) is 0 Å². The molecule has 1 aromatic rings. The van der Waals surface area contributed by atoms with Crippen molar-refractivity contribution in [1.29, 1.82) is 0 Å². The standard InChI is InChI=1S/C12H17NO2/c14-7-10(8-15)13-12-6-5-9-3-1-2-4-11(9)12/h1-4,10,12-15H,5-8H2/t12-/m1/s1. The lowest BCUT2D eigenvalue weighted by Gasteiger charge is -2.20. The monoisotopic (exact) mass is 207 g/mol. The van der Waals surface area contributed by atoms with Crippen LogP contribution in [0.2, 0.25) is 0 Å². The first kappa shape index (κ1) is 10.6. The van der Waals surface area contributed by atoms with Crippen molar-refractivity contribution in [3.8, 4) is 0 Å². The summed E-state index contributed by atoms with van der Waals surface area (Å²) in [5, 5.41) is 21.3. The van der Waals surface area contributed by atoms with Gasteiger partial charge in [-0.15, -0.1) is 0 Å². The van der Waals surface area contributed by atoms with Crippen LogP contribution in [0, 0.1) is 0 Å². The van der Waals surface area contributed by atoms with Crippen LogP contribution in [0.15, 0.2) is 24.3 Å². The Morgan fingerprint density at radius 1 is 1.27 bits per heavy atom. The third-order valence-electron chi connectivity index (χ3n) is 3.01. The first-order valence-electron chi connectivity index (χ1n) is 5.40. The molecule has 0 aromatic heterocycles. The zero-order chi connectivity index (χ0) is 10.7. The molecule has 0 heterocycles. The van der Waals surface area contributed by atoms with Crippen molar-refractivity contribution in [2.24, 2.45) is 0 Å². The van der Waals surface area contributed by atoms with E-state index >= 15 is 0 Å². The Kier molecular flexibility index (Phi) is 3.36. The Hall–Kier alpha value is -0.900. The van der Waals surface area contributed by atoms with Crippen LogP contribution < -0.4 is 5.32 Å². The molecule has 0 spiro atoms. The minimum absolute atomic E-state index is 0.0187. The maximum atomic E-state index is 9.01. The van der Waals surface area contributed by atoms with Crippen LogP contribution in [0.25, 0.3) is 0 Å². The fraction of sp³-hybridized carbons (Fsp3) is 0.500. The SMILES string of the molecule is OCC(CO)N[C@@H]1CCc2ccccc21. The number of fused-ring (bicyclic) bond motifs is 1. The molecule has 0 saturated carbocycles. The van der Waals surface area contributed by atoms with Gasteiger partial charge in [-0.1, -0.05) is 24.3 Å². The number of hydrogen-bond acceptors (Lipinski definition) is 3. The first-order chi connectivity index (χ1) is 7.35. The summed E-state index contributed by atoms with van der Waals surface area (Å²) in [7, 11) is 0. The predicted molar refractivity (Wildman–Crippen MR) is 58.6 cm³/mol. The van der Waals surface area contributed by atoms with Gasteiger partial charge in [0.25, 0.3) is 0 Å². The van der Waals surface area contributed by atoms with E-state index in [1.165, 1.54) is 11.1 Å². The number of rotatable bonds is 4. The van der Waals surface area contributed by atoms with E-state index in [4.69, 9.17) is 10.2 Å². The third-order valence-corrected chi connectivity index (χ3v) is 3.01. The summed E-state index contributed by atoms with van der Waals surface area (Å²) in [6, 6.07) is 8.42. The lowest BCUT2D eigenvalue weighted by atomic mass is 10.1. The lowest BCUT2D eigenvalue weighted by Crippen LogP contribution is -2.37. The molecule has 82 valence electrons. The minimum atomic E-state index is -0.207. The van der Waals surface area contributed by atoms with Gasteiger partial charge in [0, 0.05) is 6.04 Å². The average Bonchev–Trinajstić information content (AvgIpc) is 2.69. The Balaban J connectivity index is 2.07. The zero-order valence-corrected chi connectivity index (χ0v) is 8.69. The molecule has 0 radical (unpaired) electrons. The fourth-order valence-corrected chi connectivity index (χ4v) is 2.18. The number of aliphatic hydroxyl groups is 2. The second kappa shape index (κ2) is 4.75.